The molecule has 4 heterocycles. The molecular weight excluding hydrogens is 464 g/mol. The third kappa shape index (κ3) is 4.56. The molecule has 3 N–H and O–H groups in total. The third-order valence-electron chi connectivity index (χ3n) is 5.30. The molecule has 35 heavy (non-hydrogen) atoms. The number of hydrogen-bond donors (Lipinski definition) is 2. The zero-order valence-electron chi connectivity index (χ0n) is 18.2. The largest absolute Gasteiger partial charge is 0.363 e. The minimum absolute atomic E-state index is 0.132. The second-order valence-corrected chi connectivity index (χ2v) is 9.19. The van der Waals surface area contributed by atoms with Crippen LogP contribution in [0.2, 0.25) is 0 Å². The number of nitrogens with two attached hydrogens (primary N) is 1. The molecule has 0 aliphatic heterocycles. The fourth-order valence-corrected chi connectivity index (χ4v) is 4.10. The Morgan fingerprint density at radius 1 is 1.06 bits per heavy atom. The normalized spacial score (nSPS) is 11.3. The molecule has 11 heteroatoms. The molecule has 0 bridgehead atoms. The molecule has 0 aliphatic carbocycles. The molecule has 0 saturated heterocycles. The van der Waals surface area contributed by atoms with E-state index < -0.39 is 10.0 Å². The zero-order chi connectivity index (χ0) is 24.4. The van der Waals surface area contributed by atoms with Crippen molar-refractivity contribution in [2.75, 3.05) is 5.32 Å². The predicted octanol–water partition coefficient (Wildman–Crippen LogP) is 2.98. The number of hydrogen-bond acceptors (Lipinski definition) is 8. The Labute approximate surface area is 200 Å². The van der Waals surface area contributed by atoms with E-state index in [4.69, 9.17) is 15.4 Å². The predicted molar refractivity (Wildman–Crippen MR) is 129 cm³/mol. The number of rotatable bonds is 6. The number of aromatic nitrogens is 5. The third-order valence-corrected chi connectivity index (χ3v) is 6.18. The smallest absolute Gasteiger partial charge is 0.239 e. The van der Waals surface area contributed by atoms with Gasteiger partial charge in [-0.3, -0.25) is 9.97 Å². The lowest BCUT2D eigenvalue weighted by Crippen LogP contribution is -2.13. The molecule has 1 aromatic carbocycles. The maximum Gasteiger partial charge on any atom is 0.239 e. The number of primary sulfonamides is 1. The van der Waals surface area contributed by atoms with E-state index in [1.807, 2.05) is 36.4 Å². The van der Waals surface area contributed by atoms with Crippen LogP contribution in [0, 0.1) is 11.3 Å². The first-order chi connectivity index (χ1) is 16.9. The molecule has 10 nitrogen and oxygen atoms in total. The topological polar surface area (TPSA) is 152 Å². The number of pyridine rings is 2. The molecule has 5 rings (SSSR count). The van der Waals surface area contributed by atoms with Crippen molar-refractivity contribution in [2.24, 2.45) is 5.14 Å². The molecule has 0 amide bonds. The van der Waals surface area contributed by atoms with Gasteiger partial charge in [-0.1, -0.05) is 18.2 Å². The summed E-state index contributed by atoms with van der Waals surface area (Å²) in [5, 5.41) is 22.3. The minimum Gasteiger partial charge on any atom is -0.363 e. The quantitative estimate of drug-likeness (QED) is 0.375. The second-order valence-electron chi connectivity index (χ2n) is 7.62. The molecular formula is C24H18N8O2S. The Hall–Kier alpha value is -4.66. The standard InChI is InChI=1S/C24H18N8O2S/c25-12-16-4-6-17(7-5-16)21-8-10-32-22(21)24(29-14-19-3-1-2-9-28-19)30-23(31-32)18-11-20(15-27-13-18)35(26,33)34/h1-11,13,15H,14H2,(H2,26,33,34)(H,29,30,31). The van der Waals surface area contributed by atoms with E-state index in [1.165, 1.54) is 18.5 Å². The first-order valence-electron chi connectivity index (χ1n) is 10.4. The van der Waals surface area contributed by atoms with Gasteiger partial charge in [0.1, 0.15) is 10.4 Å². The lowest BCUT2D eigenvalue weighted by Gasteiger charge is -2.12. The van der Waals surface area contributed by atoms with Crippen LogP contribution in [0.15, 0.2) is 84.3 Å². The van der Waals surface area contributed by atoms with Crippen LogP contribution in [-0.4, -0.2) is 33.0 Å². The Morgan fingerprint density at radius 3 is 2.60 bits per heavy atom. The maximum absolute atomic E-state index is 11.8. The Balaban J connectivity index is 1.65. The number of benzene rings is 1. The van der Waals surface area contributed by atoms with E-state index in [0.717, 1.165) is 16.8 Å². The Morgan fingerprint density at radius 2 is 1.89 bits per heavy atom. The van der Waals surface area contributed by atoms with Gasteiger partial charge in [-0.25, -0.2) is 23.1 Å². The SMILES string of the molecule is N#Cc1ccc(-c2ccn3nc(-c4cncc(S(N)(=O)=O)c4)nc(NCc4ccccn4)c23)cc1. The Bertz CT molecular complexity index is 1680. The summed E-state index contributed by atoms with van der Waals surface area (Å²) in [7, 11) is -3.94. The number of anilines is 1. The first-order valence-corrected chi connectivity index (χ1v) is 12.0. The molecule has 0 aliphatic rings. The molecule has 0 atom stereocenters. The lowest BCUT2D eigenvalue weighted by molar-refractivity contribution is 0.597. The summed E-state index contributed by atoms with van der Waals surface area (Å²) in [6, 6.07) is 18.3. The number of nitrogens with one attached hydrogen (secondary N) is 1. The molecule has 172 valence electrons. The molecule has 0 spiro atoms. The summed E-state index contributed by atoms with van der Waals surface area (Å²) >= 11 is 0. The highest BCUT2D eigenvalue weighted by atomic mass is 32.2. The van der Waals surface area contributed by atoms with Crippen molar-refractivity contribution in [1.29, 1.82) is 5.26 Å². The van der Waals surface area contributed by atoms with Gasteiger partial charge in [0.05, 0.1) is 23.9 Å². The van der Waals surface area contributed by atoms with E-state index in [0.29, 0.717) is 29.0 Å². The Kier molecular flexibility index (Phi) is 5.66. The molecule has 0 fully saturated rings. The van der Waals surface area contributed by atoms with Crippen molar-refractivity contribution in [3.05, 3.63) is 90.6 Å². The number of fused-ring (bicyclic) bond motifs is 1. The first kappa shape index (κ1) is 22.1. The van der Waals surface area contributed by atoms with Gasteiger partial charge in [-0.2, -0.15) is 5.26 Å². The van der Waals surface area contributed by atoms with Crippen molar-refractivity contribution < 1.29 is 8.42 Å². The van der Waals surface area contributed by atoms with Gasteiger partial charge in [0, 0.05) is 35.9 Å². The number of nitrogens with zero attached hydrogens (tertiary/aromatic N) is 6. The minimum atomic E-state index is -3.94. The van der Waals surface area contributed by atoms with Gasteiger partial charge < -0.3 is 5.32 Å². The van der Waals surface area contributed by atoms with Gasteiger partial charge in [0.2, 0.25) is 10.0 Å². The summed E-state index contributed by atoms with van der Waals surface area (Å²) in [5.41, 5.74) is 4.24. The van der Waals surface area contributed by atoms with Crippen LogP contribution < -0.4 is 10.5 Å². The van der Waals surface area contributed by atoms with Crippen LogP contribution >= 0.6 is 0 Å². The van der Waals surface area contributed by atoms with Gasteiger partial charge >= 0.3 is 0 Å². The second kappa shape index (κ2) is 8.94. The van der Waals surface area contributed by atoms with E-state index in [2.05, 4.69) is 26.5 Å². The van der Waals surface area contributed by atoms with E-state index >= 15 is 0 Å². The van der Waals surface area contributed by atoms with E-state index in [1.54, 1.807) is 29.0 Å². The van der Waals surface area contributed by atoms with Gasteiger partial charge in [-0.15, -0.1) is 5.10 Å². The highest BCUT2D eigenvalue weighted by Crippen LogP contribution is 2.31. The molecule has 0 saturated carbocycles. The number of sulfonamides is 1. The van der Waals surface area contributed by atoms with Crippen LogP contribution in [-0.2, 0) is 16.6 Å². The van der Waals surface area contributed by atoms with Crippen LogP contribution in [0.5, 0.6) is 0 Å². The van der Waals surface area contributed by atoms with Crippen molar-refractivity contribution in [1.82, 2.24) is 24.6 Å². The van der Waals surface area contributed by atoms with E-state index in [-0.39, 0.29) is 10.7 Å². The molecule has 4 aromatic heterocycles. The monoisotopic (exact) mass is 482 g/mol. The number of nitriles is 1. The van der Waals surface area contributed by atoms with Crippen LogP contribution in [0.3, 0.4) is 0 Å². The summed E-state index contributed by atoms with van der Waals surface area (Å²) < 4.78 is 25.3. The summed E-state index contributed by atoms with van der Waals surface area (Å²) in [6.07, 6.45) is 6.15. The van der Waals surface area contributed by atoms with Crippen molar-refractivity contribution >= 4 is 21.4 Å². The fraction of sp³-hybridized carbons (Fsp3) is 0.0417. The highest BCUT2D eigenvalue weighted by Gasteiger charge is 2.17. The van der Waals surface area contributed by atoms with Crippen molar-refractivity contribution in [2.45, 2.75) is 11.4 Å². The summed E-state index contributed by atoms with van der Waals surface area (Å²) in [5.74, 6) is 0.784. The van der Waals surface area contributed by atoms with E-state index in [9.17, 15) is 8.42 Å². The van der Waals surface area contributed by atoms with Gasteiger partial charge in [0.25, 0.3) is 0 Å². The maximum atomic E-state index is 11.8. The van der Waals surface area contributed by atoms with Crippen LogP contribution in [0.1, 0.15) is 11.3 Å². The van der Waals surface area contributed by atoms with Crippen LogP contribution in [0.4, 0.5) is 5.82 Å². The lowest BCUT2D eigenvalue weighted by atomic mass is 10.1. The van der Waals surface area contributed by atoms with Crippen molar-refractivity contribution in [3.8, 4) is 28.6 Å². The van der Waals surface area contributed by atoms with Gasteiger partial charge in [0.15, 0.2) is 11.6 Å². The zero-order valence-corrected chi connectivity index (χ0v) is 19.0. The highest BCUT2D eigenvalue weighted by molar-refractivity contribution is 7.89. The average Bonchev–Trinajstić information content (AvgIpc) is 3.32. The van der Waals surface area contributed by atoms with Crippen LogP contribution in [0.25, 0.3) is 28.0 Å². The van der Waals surface area contributed by atoms with Gasteiger partial charge in [-0.05, 0) is 42.0 Å². The van der Waals surface area contributed by atoms with Crippen molar-refractivity contribution in [3.63, 3.8) is 0 Å². The average molecular weight is 483 g/mol. The fourth-order valence-electron chi connectivity index (χ4n) is 3.60. The molecule has 5 aromatic rings. The molecule has 0 unspecified atom stereocenters. The molecule has 0 radical (unpaired) electrons. The summed E-state index contributed by atoms with van der Waals surface area (Å²) in [4.78, 5) is 12.9. The summed E-state index contributed by atoms with van der Waals surface area (Å²) in [6.45, 7) is 0.403.